The fourth-order valence-corrected chi connectivity index (χ4v) is 6.50. The van der Waals surface area contributed by atoms with Crippen molar-refractivity contribution >= 4 is 39.1 Å². The number of carbonyl (C=O) groups excluding carboxylic acids is 2. The zero-order chi connectivity index (χ0) is 31.9. The van der Waals surface area contributed by atoms with Crippen LogP contribution in [0.15, 0.2) is 102 Å². The van der Waals surface area contributed by atoms with Gasteiger partial charge in [0.15, 0.2) is 0 Å². The third-order valence-electron chi connectivity index (χ3n) is 7.59. The predicted octanol–water partition coefficient (Wildman–Crippen LogP) is 6.24. The van der Waals surface area contributed by atoms with E-state index in [1.165, 1.54) is 17.0 Å². The highest BCUT2D eigenvalue weighted by molar-refractivity contribution is 7.92. The molecule has 0 radical (unpaired) electrons. The molecule has 0 fully saturated rings. The predicted molar refractivity (Wildman–Crippen MR) is 176 cm³/mol. The minimum Gasteiger partial charge on any atom is -0.355 e. The molecule has 0 spiro atoms. The van der Waals surface area contributed by atoms with Crippen LogP contribution in [0, 0.1) is 20.8 Å². The van der Waals surface area contributed by atoms with E-state index in [2.05, 4.69) is 5.32 Å². The molecule has 0 saturated carbocycles. The Kier molecular flexibility index (Phi) is 10.8. The van der Waals surface area contributed by atoms with Crippen LogP contribution >= 0.6 is 11.6 Å². The lowest BCUT2D eigenvalue weighted by Crippen LogP contribution is -2.53. The van der Waals surface area contributed by atoms with Gasteiger partial charge in [0.05, 0.1) is 10.6 Å². The fraction of sp³-hybridized carbons (Fsp3) is 0.257. The van der Waals surface area contributed by atoms with Gasteiger partial charge in [0, 0.05) is 24.5 Å². The lowest BCUT2D eigenvalue weighted by atomic mass is 10.0. The lowest BCUT2D eigenvalue weighted by molar-refractivity contribution is -0.140. The summed E-state index contributed by atoms with van der Waals surface area (Å²) in [5.41, 5.74) is 4.65. The topological polar surface area (TPSA) is 86.8 Å². The number of anilines is 1. The summed E-state index contributed by atoms with van der Waals surface area (Å²) >= 11 is 6.53. The van der Waals surface area contributed by atoms with Crippen LogP contribution in [-0.2, 0) is 32.6 Å². The molecule has 0 saturated heterocycles. The maximum absolute atomic E-state index is 14.5. The summed E-state index contributed by atoms with van der Waals surface area (Å²) in [4.78, 5) is 29.6. The molecule has 2 amide bonds. The number of hydrogen-bond acceptors (Lipinski definition) is 4. The fourth-order valence-electron chi connectivity index (χ4n) is 4.90. The van der Waals surface area contributed by atoms with Crippen molar-refractivity contribution in [2.75, 3.05) is 17.4 Å². The van der Waals surface area contributed by atoms with E-state index in [4.69, 9.17) is 11.6 Å². The molecule has 230 valence electrons. The average Bonchev–Trinajstić information content (AvgIpc) is 3.00. The Morgan fingerprint density at radius 1 is 0.841 bits per heavy atom. The van der Waals surface area contributed by atoms with Crippen molar-refractivity contribution in [1.29, 1.82) is 0 Å². The summed E-state index contributed by atoms with van der Waals surface area (Å²) in [6.45, 7) is 7.39. The summed E-state index contributed by atoms with van der Waals surface area (Å²) in [7, 11) is -4.17. The van der Waals surface area contributed by atoms with E-state index < -0.39 is 28.5 Å². The van der Waals surface area contributed by atoms with Crippen LogP contribution in [0.4, 0.5) is 5.69 Å². The molecular weight excluding hydrogens is 594 g/mol. The van der Waals surface area contributed by atoms with Gasteiger partial charge < -0.3 is 10.2 Å². The van der Waals surface area contributed by atoms with Gasteiger partial charge >= 0.3 is 0 Å². The van der Waals surface area contributed by atoms with Gasteiger partial charge in [0.1, 0.15) is 12.6 Å². The first kappa shape index (κ1) is 32.8. The molecule has 0 heterocycles. The molecule has 0 aliphatic carbocycles. The van der Waals surface area contributed by atoms with Crippen LogP contribution in [-0.4, -0.2) is 44.3 Å². The van der Waals surface area contributed by atoms with E-state index in [1.54, 1.807) is 42.5 Å². The number of halogens is 1. The van der Waals surface area contributed by atoms with Crippen LogP contribution in [0.5, 0.6) is 0 Å². The van der Waals surface area contributed by atoms with Crippen molar-refractivity contribution in [3.05, 3.63) is 130 Å². The maximum atomic E-state index is 14.5. The summed E-state index contributed by atoms with van der Waals surface area (Å²) in [5.74, 6) is -0.873. The van der Waals surface area contributed by atoms with Crippen molar-refractivity contribution in [2.24, 2.45) is 0 Å². The number of aryl methyl sites for hydroxylation is 3. The van der Waals surface area contributed by atoms with E-state index in [0.29, 0.717) is 22.8 Å². The number of sulfonamides is 1. The molecule has 0 aliphatic rings. The van der Waals surface area contributed by atoms with Crippen LogP contribution in [0.3, 0.4) is 0 Å². The van der Waals surface area contributed by atoms with Gasteiger partial charge in [-0.3, -0.25) is 13.9 Å². The number of rotatable bonds is 12. The van der Waals surface area contributed by atoms with E-state index in [-0.39, 0.29) is 23.8 Å². The number of nitrogens with zero attached hydrogens (tertiary/aromatic N) is 2. The highest BCUT2D eigenvalue weighted by atomic mass is 35.5. The average molecular weight is 632 g/mol. The Bertz CT molecular complexity index is 1710. The molecule has 0 aliphatic heterocycles. The molecule has 7 nitrogen and oxygen atoms in total. The minimum absolute atomic E-state index is 0.0124. The highest BCUT2D eigenvalue weighted by Gasteiger charge is 2.34. The number of hydrogen-bond donors (Lipinski definition) is 1. The third-order valence-corrected chi connectivity index (χ3v) is 9.74. The van der Waals surface area contributed by atoms with Crippen molar-refractivity contribution in [2.45, 2.75) is 51.6 Å². The Labute approximate surface area is 265 Å². The smallest absolute Gasteiger partial charge is 0.264 e. The van der Waals surface area contributed by atoms with E-state index >= 15 is 0 Å². The summed E-state index contributed by atoms with van der Waals surface area (Å²) in [5, 5.41) is 3.31. The SMILES string of the molecule is CCNC(=O)[C@@H](Cc1ccccc1)N(Cc1ccccc1Cl)C(=O)CN(c1ccc(C)c(C)c1)S(=O)(=O)c1ccc(C)cc1. The molecule has 4 aromatic rings. The molecule has 0 unspecified atom stereocenters. The monoisotopic (exact) mass is 631 g/mol. The Balaban J connectivity index is 1.82. The zero-order valence-electron chi connectivity index (χ0n) is 25.5. The number of nitrogens with one attached hydrogen (secondary N) is 1. The van der Waals surface area contributed by atoms with Gasteiger partial charge in [-0.25, -0.2) is 8.42 Å². The first-order valence-corrected chi connectivity index (χ1v) is 16.3. The van der Waals surface area contributed by atoms with Crippen molar-refractivity contribution in [1.82, 2.24) is 10.2 Å². The molecule has 0 aromatic heterocycles. The van der Waals surface area contributed by atoms with Crippen LogP contribution < -0.4 is 9.62 Å². The van der Waals surface area contributed by atoms with Crippen LogP contribution in [0.2, 0.25) is 5.02 Å². The van der Waals surface area contributed by atoms with E-state index in [1.807, 2.05) is 70.2 Å². The number of carbonyl (C=O) groups is 2. The second-order valence-corrected chi connectivity index (χ2v) is 13.1. The van der Waals surface area contributed by atoms with E-state index in [9.17, 15) is 18.0 Å². The molecule has 9 heteroatoms. The Hall–Kier alpha value is -4.14. The first-order valence-electron chi connectivity index (χ1n) is 14.5. The molecule has 1 N–H and O–H groups in total. The summed E-state index contributed by atoms with van der Waals surface area (Å²) < 4.78 is 29.5. The van der Waals surface area contributed by atoms with Gasteiger partial charge in [-0.2, -0.15) is 0 Å². The van der Waals surface area contributed by atoms with E-state index in [0.717, 1.165) is 26.6 Å². The van der Waals surface area contributed by atoms with Crippen molar-refractivity contribution in [3.63, 3.8) is 0 Å². The summed E-state index contributed by atoms with van der Waals surface area (Å²) in [6, 6.07) is 27.4. The van der Waals surface area contributed by atoms with Crippen molar-refractivity contribution in [3.8, 4) is 0 Å². The molecule has 1 atom stereocenters. The number of benzene rings is 4. The highest BCUT2D eigenvalue weighted by Crippen LogP contribution is 2.28. The zero-order valence-corrected chi connectivity index (χ0v) is 27.0. The second kappa shape index (κ2) is 14.6. The van der Waals surface area contributed by atoms with Gasteiger partial charge in [0.25, 0.3) is 10.0 Å². The quantitative estimate of drug-likeness (QED) is 0.201. The molecule has 4 rings (SSSR count). The standard InChI is InChI=1S/C35H38ClN3O4S/c1-5-37-35(41)33(22-28-11-7-6-8-12-28)38(23-29-13-9-10-14-32(29)36)34(40)24-39(30-18-17-26(3)27(4)21-30)44(42,43)31-19-15-25(2)16-20-31/h6-21,33H,5,22-24H2,1-4H3,(H,37,41)/t33-/m1/s1. The van der Waals surface area contributed by atoms with Crippen LogP contribution in [0.25, 0.3) is 0 Å². The molecule has 4 aromatic carbocycles. The Morgan fingerprint density at radius 3 is 2.14 bits per heavy atom. The largest absolute Gasteiger partial charge is 0.355 e. The Morgan fingerprint density at radius 2 is 1.50 bits per heavy atom. The summed E-state index contributed by atoms with van der Waals surface area (Å²) in [6.07, 6.45) is 0.233. The normalized spacial score (nSPS) is 11.9. The van der Waals surface area contributed by atoms with Gasteiger partial charge in [-0.15, -0.1) is 0 Å². The van der Waals surface area contributed by atoms with Crippen LogP contribution in [0.1, 0.15) is 34.7 Å². The van der Waals surface area contributed by atoms with Gasteiger partial charge in [0.2, 0.25) is 11.8 Å². The second-order valence-electron chi connectivity index (χ2n) is 10.8. The minimum atomic E-state index is -4.17. The van der Waals surface area contributed by atoms with Gasteiger partial charge in [-0.1, -0.05) is 83.9 Å². The molecule has 0 bridgehead atoms. The molecule has 44 heavy (non-hydrogen) atoms. The first-order chi connectivity index (χ1) is 21.0. The lowest BCUT2D eigenvalue weighted by Gasteiger charge is -2.34. The van der Waals surface area contributed by atoms with Gasteiger partial charge in [-0.05, 0) is 80.3 Å². The maximum Gasteiger partial charge on any atom is 0.264 e. The third kappa shape index (κ3) is 7.87. The van der Waals surface area contributed by atoms with Crippen molar-refractivity contribution < 1.29 is 18.0 Å². The molecular formula is C35H38ClN3O4S. The number of likely N-dealkylation sites (N-methyl/N-ethyl adjacent to an activating group) is 1. The number of amides is 2.